The minimum absolute atomic E-state index is 0.465. The second-order valence-electron chi connectivity index (χ2n) is 2.53. The first-order chi connectivity index (χ1) is 6.26. The minimum atomic E-state index is -0.465. The lowest BCUT2D eigenvalue weighted by atomic mass is 10.2. The van der Waals surface area contributed by atoms with Crippen LogP contribution in [0.5, 0.6) is 5.75 Å². The molecule has 64 valence electrons. The van der Waals surface area contributed by atoms with Crippen LogP contribution >= 0.6 is 0 Å². The highest BCUT2D eigenvalue weighted by molar-refractivity contribution is 5.34. The molecule has 0 saturated carbocycles. The predicted octanol–water partition coefficient (Wildman–Crippen LogP) is 1.85. The Kier molecular flexibility index (Phi) is 2.89. The van der Waals surface area contributed by atoms with Gasteiger partial charge in [-0.1, -0.05) is 0 Å². The van der Waals surface area contributed by atoms with Crippen molar-refractivity contribution in [3.8, 4) is 17.9 Å². The van der Waals surface area contributed by atoms with Gasteiger partial charge in [-0.15, -0.1) is 0 Å². The van der Waals surface area contributed by atoms with E-state index in [1.54, 1.807) is 31.2 Å². The van der Waals surface area contributed by atoms with Gasteiger partial charge in [0.1, 0.15) is 11.8 Å². The van der Waals surface area contributed by atoms with E-state index in [9.17, 15) is 0 Å². The number of ether oxygens (including phenoxy) is 1. The van der Waals surface area contributed by atoms with E-state index in [0.29, 0.717) is 11.3 Å². The SMILES string of the molecule is C[C@H](C#N)Oc1ccc(C#N)cc1. The molecule has 0 N–H and O–H groups in total. The molecule has 0 heterocycles. The average molecular weight is 172 g/mol. The summed E-state index contributed by atoms with van der Waals surface area (Å²) in [6, 6.07) is 10.6. The third-order valence-corrected chi connectivity index (χ3v) is 1.48. The van der Waals surface area contributed by atoms with Crippen LogP contribution < -0.4 is 4.74 Å². The zero-order valence-electron chi connectivity index (χ0n) is 7.19. The van der Waals surface area contributed by atoms with E-state index in [1.165, 1.54) is 0 Å². The van der Waals surface area contributed by atoms with Gasteiger partial charge in [0.15, 0.2) is 6.10 Å². The molecule has 13 heavy (non-hydrogen) atoms. The quantitative estimate of drug-likeness (QED) is 0.684. The van der Waals surface area contributed by atoms with Crippen LogP contribution in [-0.4, -0.2) is 6.10 Å². The maximum absolute atomic E-state index is 8.51. The van der Waals surface area contributed by atoms with E-state index in [1.807, 2.05) is 12.1 Å². The van der Waals surface area contributed by atoms with Gasteiger partial charge in [0.2, 0.25) is 0 Å². The van der Waals surface area contributed by atoms with Gasteiger partial charge in [0.25, 0.3) is 0 Å². The smallest absolute Gasteiger partial charge is 0.181 e. The summed E-state index contributed by atoms with van der Waals surface area (Å²) >= 11 is 0. The lowest BCUT2D eigenvalue weighted by Crippen LogP contribution is -2.07. The van der Waals surface area contributed by atoms with Crippen molar-refractivity contribution in [2.24, 2.45) is 0 Å². The molecule has 3 heteroatoms. The summed E-state index contributed by atoms with van der Waals surface area (Å²) in [5.41, 5.74) is 0.581. The summed E-state index contributed by atoms with van der Waals surface area (Å²) in [5.74, 6) is 0.605. The molecule has 3 nitrogen and oxygen atoms in total. The summed E-state index contributed by atoms with van der Waals surface area (Å²) in [5, 5.41) is 17.0. The van der Waals surface area contributed by atoms with E-state index in [-0.39, 0.29) is 0 Å². The Morgan fingerprint density at radius 3 is 2.31 bits per heavy atom. The number of hydrogen-bond donors (Lipinski definition) is 0. The van der Waals surface area contributed by atoms with Gasteiger partial charge in [0, 0.05) is 0 Å². The largest absolute Gasteiger partial charge is 0.476 e. The molecule has 0 spiro atoms. The molecule has 0 aliphatic carbocycles. The second kappa shape index (κ2) is 4.13. The normalized spacial score (nSPS) is 11.0. The maximum Gasteiger partial charge on any atom is 0.181 e. The lowest BCUT2D eigenvalue weighted by Gasteiger charge is -2.06. The van der Waals surface area contributed by atoms with Gasteiger partial charge in [-0.25, -0.2) is 0 Å². The van der Waals surface area contributed by atoms with E-state index in [4.69, 9.17) is 15.3 Å². The van der Waals surface area contributed by atoms with Gasteiger partial charge in [0.05, 0.1) is 11.6 Å². The van der Waals surface area contributed by atoms with Crippen molar-refractivity contribution in [2.75, 3.05) is 0 Å². The molecule has 0 bridgehead atoms. The maximum atomic E-state index is 8.51. The highest BCUT2D eigenvalue weighted by atomic mass is 16.5. The van der Waals surface area contributed by atoms with Crippen LogP contribution in [0, 0.1) is 22.7 Å². The highest BCUT2D eigenvalue weighted by Crippen LogP contribution is 2.12. The number of rotatable bonds is 2. The Morgan fingerprint density at radius 2 is 1.85 bits per heavy atom. The third-order valence-electron chi connectivity index (χ3n) is 1.48. The summed E-state index contributed by atoms with van der Waals surface area (Å²) in [6.07, 6.45) is -0.465. The Morgan fingerprint density at radius 1 is 1.23 bits per heavy atom. The molecule has 0 amide bonds. The van der Waals surface area contributed by atoms with E-state index in [2.05, 4.69) is 0 Å². The Labute approximate surface area is 76.8 Å². The van der Waals surface area contributed by atoms with Crippen molar-refractivity contribution in [1.82, 2.24) is 0 Å². The van der Waals surface area contributed by atoms with Crippen molar-refractivity contribution in [3.05, 3.63) is 29.8 Å². The molecule has 0 unspecified atom stereocenters. The topological polar surface area (TPSA) is 56.8 Å². The van der Waals surface area contributed by atoms with Gasteiger partial charge in [-0.2, -0.15) is 10.5 Å². The van der Waals surface area contributed by atoms with Crippen molar-refractivity contribution >= 4 is 0 Å². The summed E-state index contributed by atoms with van der Waals surface area (Å²) in [6.45, 7) is 1.66. The fourth-order valence-electron chi connectivity index (χ4n) is 0.839. The molecule has 0 radical (unpaired) electrons. The fourth-order valence-corrected chi connectivity index (χ4v) is 0.839. The molecule has 0 fully saturated rings. The average Bonchev–Trinajstić information content (AvgIpc) is 2.19. The molecular formula is C10H8N2O. The summed E-state index contributed by atoms with van der Waals surface area (Å²) < 4.78 is 5.19. The van der Waals surface area contributed by atoms with Crippen LogP contribution in [0.3, 0.4) is 0 Å². The molecular weight excluding hydrogens is 164 g/mol. The molecule has 1 rings (SSSR count). The first-order valence-electron chi connectivity index (χ1n) is 3.82. The van der Waals surface area contributed by atoms with Crippen LogP contribution in [0.4, 0.5) is 0 Å². The van der Waals surface area contributed by atoms with Crippen molar-refractivity contribution in [3.63, 3.8) is 0 Å². The van der Waals surface area contributed by atoms with Gasteiger partial charge >= 0.3 is 0 Å². The van der Waals surface area contributed by atoms with E-state index >= 15 is 0 Å². The molecule has 0 aliphatic heterocycles. The molecule has 0 saturated heterocycles. The van der Waals surface area contributed by atoms with Crippen LogP contribution in [0.2, 0.25) is 0 Å². The van der Waals surface area contributed by atoms with Crippen molar-refractivity contribution in [2.45, 2.75) is 13.0 Å². The van der Waals surface area contributed by atoms with Crippen molar-refractivity contribution in [1.29, 1.82) is 10.5 Å². The summed E-state index contributed by atoms with van der Waals surface area (Å²) in [4.78, 5) is 0. The predicted molar refractivity (Wildman–Crippen MR) is 46.9 cm³/mol. The van der Waals surface area contributed by atoms with E-state index < -0.39 is 6.10 Å². The first kappa shape index (κ1) is 9.09. The number of nitriles is 2. The number of hydrogen-bond acceptors (Lipinski definition) is 3. The second-order valence-corrected chi connectivity index (χ2v) is 2.53. The monoisotopic (exact) mass is 172 g/mol. The van der Waals surface area contributed by atoms with Gasteiger partial charge < -0.3 is 4.74 Å². The van der Waals surface area contributed by atoms with Crippen LogP contribution in [0.15, 0.2) is 24.3 Å². The van der Waals surface area contributed by atoms with Crippen LogP contribution in [-0.2, 0) is 0 Å². The lowest BCUT2D eigenvalue weighted by molar-refractivity contribution is 0.276. The van der Waals surface area contributed by atoms with Crippen LogP contribution in [0.1, 0.15) is 12.5 Å². The highest BCUT2D eigenvalue weighted by Gasteiger charge is 2.00. The first-order valence-corrected chi connectivity index (χ1v) is 3.82. The Balaban J connectivity index is 2.72. The Hall–Kier alpha value is -2.00. The molecule has 1 aromatic carbocycles. The van der Waals surface area contributed by atoms with Crippen molar-refractivity contribution < 1.29 is 4.74 Å². The number of benzene rings is 1. The zero-order valence-corrected chi connectivity index (χ0v) is 7.19. The zero-order chi connectivity index (χ0) is 9.68. The van der Waals surface area contributed by atoms with E-state index in [0.717, 1.165) is 0 Å². The molecule has 0 aromatic heterocycles. The molecule has 0 aliphatic rings. The summed E-state index contributed by atoms with van der Waals surface area (Å²) in [7, 11) is 0. The standard InChI is InChI=1S/C10H8N2O/c1-8(6-11)13-10-4-2-9(7-12)3-5-10/h2-5,8H,1H3/t8-/m1/s1. The number of nitrogens with zero attached hydrogens (tertiary/aromatic N) is 2. The Bertz CT molecular complexity index is 356. The van der Waals surface area contributed by atoms with Gasteiger partial charge in [-0.3, -0.25) is 0 Å². The third kappa shape index (κ3) is 2.50. The molecule has 1 aromatic rings. The minimum Gasteiger partial charge on any atom is -0.476 e. The molecule has 1 atom stereocenters. The fraction of sp³-hybridized carbons (Fsp3) is 0.200. The van der Waals surface area contributed by atoms with Crippen LogP contribution in [0.25, 0.3) is 0 Å². The van der Waals surface area contributed by atoms with Gasteiger partial charge in [-0.05, 0) is 31.2 Å².